The van der Waals surface area contributed by atoms with E-state index < -0.39 is 0 Å². The Morgan fingerprint density at radius 3 is 2.47 bits per heavy atom. The van der Waals surface area contributed by atoms with Crippen LogP contribution in [0, 0.1) is 6.92 Å². The monoisotopic (exact) mass is 207 g/mol. The van der Waals surface area contributed by atoms with Gasteiger partial charge in [-0.05, 0) is 25.5 Å². The fraction of sp³-hybridized carbons (Fsp3) is 0.417. The number of ether oxygens (including phenoxy) is 1. The summed E-state index contributed by atoms with van der Waals surface area (Å²) in [5, 5.41) is 2.79. The van der Waals surface area contributed by atoms with Gasteiger partial charge in [-0.3, -0.25) is 4.79 Å². The summed E-state index contributed by atoms with van der Waals surface area (Å²) in [6.07, 6.45) is 0.549. The number of rotatable bonds is 4. The Kier molecular flexibility index (Phi) is 4.31. The van der Waals surface area contributed by atoms with Gasteiger partial charge in [-0.1, -0.05) is 24.6 Å². The summed E-state index contributed by atoms with van der Waals surface area (Å²) in [5.74, 6) is -0.0938. The van der Waals surface area contributed by atoms with E-state index in [4.69, 9.17) is 4.74 Å². The molecule has 0 saturated heterocycles. The van der Waals surface area contributed by atoms with E-state index in [1.54, 1.807) is 7.11 Å². The molecule has 1 unspecified atom stereocenters. The van der Waals surface area contributed by atoms with Crippen LogP contribution >= 0.6 is 0 Å². The second kappa shape index (κ2) is 5.51. The number of hydrogen-bond donors (Lipinski definition) is 1. The Labute approximate surface area is 90.4 Å². The number of amides is 1. The van der Waals surface area contributed by atoms with Crippen molar-refractivity contribution in [1.82, 2.24) is 5.32 Å². The van der Waals surface area contributed by atoms with Crippen LogP contribution in [-0.4, -0.2) is 19.2 Å². The first-order valence-corrected chi connectivity index (χ1v) is 5.07. The van der Waals surface area contributed by atoms with Gasteiger partial charge in [0.1, 0.15) is 6.23 Å². The molecule has 0 aromatic heterocycles. The Morgan fingerprint density at radius 2 is 2.00 bits per heavy atom. The fourth-order valence-electron chi connectivity index (χ4n) is 1.26. The summed E-state index contributed by atoms with van der Waals surface area (Å²) in [4.78, 5) is 11.7. The van der Waals surface area contributed by atoms with Crippen molar-refractivity contribution >= 4 is 5.91 Å². The average molecular weight is 207 g/mol. The molecule has 0 aliphatic heterocycles. The van der Waals surface area contributed by atoms with Gasteiger partial charge in [0.2, 0.25) is 0 Å². The predicted octanol–water partition coefficient (Wildman–Crippen LogP) is 2.11. The number of benzene rings is 1. The maximum Gasteiger partial charge on any atom is 0.253 e. The first-order valence-electron chi connectivity index (χ1n) is 5.07. The zero-order chi connectivity index (χ0) is 11.3. The lowest BCUT2D eigenvalue weighted by molar-refractivity contribution is 0.0562. The molecule has 1 aromatic carbocycles. The molecule has 0 bridgehead atoms. The number of methoxy groups -OCH3 is 1. The van der Waals surface area contributed by atoms with Gasteiger partial charge in [0.25, 0.3) is 5.91 Å². The van der Waals surface area contributed by atoms with Crippen molar-refractivity contribution in [2.45, 2.75) is 26.5 Å². The second-order valence-electron chi connectivity index (χ2n) is 3.47. The first kappa shape index (κ1) is 11.7. The van der Waals surface area contributed by atoms with Crippen molar-refractivity contribution in [2.24, 2.45) is 0 Å². The summed E-state index contributed by atoms with van der Waals surface area (Å²) in [7, 11) is 1.59. The van der Waals surface area contributed by atoms with Crippen molar-refractivity contribution in [3.63, 3.8) is 0 Å². The maximum absolute atomic E-state index is 11.7. The molecule has 0 radical (unpaired) electrons. The van der Waals surface area contributed by atoms with Crippen molar-refractivity contribution in [3.8, 4) is 0 Å². The Hall–Kier alpha value is -1.35. The lowest BCUT2D eigenvalue weighted by Gasteiger charge is -2.14. The molecular weight excluding hydrogens is 190 g/mol. The zero-order valence-corrected chi connectivity index (χ0v) is 9.41. The van der Waals surface area contributed by atoms with Crippen LogP contribution in [0.1, 0.15) is 29.3 Å². The molecule has 0 saturated carbocycles. The lowest BCUT2D eigenvalue weighted by atomic mass is 10.1. The van der Waals surface area contributed by atoms with E-state index in [2.05, 4.69) is 5.32 Å². The summed E-state index contributed by atoms with van der Waals surface area (Å²) in [6.45, 7) is 3.95. The summed E-state index contributed by atoms with van der Waals surface area (Å²) < 4.78 is 5.08. The number of nitrogens with one attached hydrogen (secondary N) is 1. The molecule has 1 amide bonds. The van der Waals surface area contributed by atoms with Crippen LogP contribution in [0.3, 0.4) is 0 Å². The van der Waals surface area contributed by atoms with Gasteiger partial charge in [0.05, 0.1) is 0 Å². The smallest absolute Gasteiger partial charge is 0.253 e. The topological polar surface area (TPSA) is 38.3 Å². The normalized spacial score (nSPS) is 12.2. The molecule has 0 aliphatic rings. The van der Waals surface area contributed by atoms with Gasteiger partial charge < -0.3 is 10.1 Å². The van der Waals surface area contributed by atoms with Crippen LogP contribution < -0.4 is 5.32 Å². The SMILES string of the molecule is CCC(NC(=O)c1ccc(C)cc1)OC. The highest BCUT2D eigenvalue weighted by Crippen LogP contribution is 2.04. The van der Waals surface area contributed by atoms with E-state index in [1.807, 2.05) is 38.1 Å². The van der Waals surface area contributed by atoms with Gasteiger partial charge in [-0.25, -0.2) is 0 Å². The van der Waals surface area contributed by atoms with Crippen LogP contribution in [0.4, 0.5) is 0 Å². The summed E-state index contributed by atoms with van der Waals surface area (Å²) >= 11 is 0. The summed E-state index contributed by atoms with van der Waals surface area (Å²) in [5.41, 5.74) is 1.81. The highest BCUT2D eigenvalue weighted by atomic mass is 16.5. The van der Waals surface area contributed by atoms with Crippen LogP contribution in [0.5, 0.6) is 0 Å². The van der Waals surface area contributed by atoms with Gasteiger partial charge in [0, 0.05) is 12.7 Å². The molecule has 82 valence electrons. The third kappa shape index (κ3) is 3.36. The molecule has 1 N–H and O–H groups in total. The molecule has 0 aliphatic carbocycles. The largest absolute Gasteiger partial charge is 0.362 e. The van der Waals surface area contributed by atoms with Crippen LogP contribution in [0.15, 0.2) is 24.3 Å². The number of carbonyl (C=O) groups excluding carboxylic acids is 1. The van der Waals surface area contributed by atoms with Crippen LogP contribution in [-0.2, 0) is 4.74 Å². The Balaban J connectivity index is 2.64. The number of carbonyl (C=O) groups is 1. The summed E-state index contributed by atoms with van der Waals surface area (Å²) in [6, 6.07) is 7.46. The Bertz CT molecular complexity index is 315. The van der Waals surface area contributed by atoms with Crippen molar-refractivity contribution in [3.05, 3.63) is 35.4 Å². The third-order valence-electron chi connectivity index (χ3n) is 2.26. The average Bonchev–Trinajstić information content (AvgIpc) is 2.26. The molecule has 0 heterocycles. The lowest BCUT2D eigenvalue weighted by Crippen LogP contribution is -2.35. The van der Waals surface area contributed by atoms with Gasteiger partial charge in [-0.15, -0.1) is 0 Å². The first-order chi connectivity index (χ1) is 7.17. The van der Waals surface area contributed by atoms with Crippen LogP contribution in [0.25, 0.3) is 0 Å². The van der Waals surface area contributed by atoms with E-state index >= 15 is 0 Å². The van der Waals surface area contributed by atoms with E-state index in [9.17, 15) is 4.79 Å². The van der Waals surface area contributed by atoms with E-state index in [-0.39, 0.29) is 12.1 Å². The molecule has 3 heteroatoms. The third-order valence-corrected chi connectivity index (χ3v) is 2.26. The zero-order valence-electron chi connectivity index (χ0n) is 9.41. The van der Waals surface area contributed by atoms with Gasteiger partial charge in [0.15, 0.2) is 0 Å². The van der Waals surface area contributed by atoms with Crippen molar-refractivity contribution < 1.29 is 9.53 Å². The predicted molar refractivity (Wildman–Crippen MR) is 59.7 cm³/mol. The standard InChI is InChI=1S/C12H17NO2/c1-4-11(15-3)13-12(14)10-7-5-9(2)6-8-10/h5-8,11H,4H2,1-3H3,(H,13,14). The number of aryl methyl sites for hydroxylation is 1. The highest BCUT2D eigenvalue weighted by molar-refractivity contribution is 5.94. The minimum absolute atomic E-state index is 0.0938. The van der Waals surface area contributed by atoms with Crippen molar-refractivity contribution in [2.75, 3.05) is 7.11 Å². The minimum atomic E-state index is -0.209. The maximum atomic E-state index is 11.7. The fourth-order valence-corrected chi connectivity index (χ4v) is 1.26. The second-order valence-corrected chi connectivity index (χ2v) is 3.47. The van der Waals surface area contributed by atoms with E-state index in [1.165, 1.54) is 0 Å². The molecule has 15 heavy (non-hydrogen) atoms. The van der Waals surface area contributed by atoms with Crippen molar-refractivity contribution in [1.29, 1.82) is 0 Å². The highest BCUT2D eigenvalue weighted by Gasteiger charge is 2.10. The molecule has 1 aromatic rings. The van der Waals surface area contributed by atoms with E-state index in [0.717, 1.165) is 12.0 Å². The quantitative estimate of drug-likeness (QED) is 0.768. The molecule has 3 nitrogen and oxygen atoms in total. The molecule has 1 rings (SSSR count). The van der Waals surface area contributed by atoms with Gasteiger partial charge in [-0.2, -0.15) is 0 Å². The molecule has 1 atom stereocenters. The van der Waals surface area contributed by atoms with Gasteiger partial charge >= 0.3 is 0 Å². The van der Waals surface area contributed by atoms with Crippen LogP contribution in [0.2, 0.25) is 0 Å². The van der Waals surface area contributed by atoms with E-state index in [0.29, 0.717) is 5.56 Å². The molecular formula is C12H17NO2. The minimum Gasteiger partial charge on any atom is -0.362 e. The number of hydrogen-bond acceptors (Lipinski definition) is 2. The molecule has 0 fully saturated rings. The molecule has 0 spiro atoms. The Morgan fingerprint density at radius 1 is 1.40 bits per heavy atom.